The van der Waals surface area contributed by atoms with Crippen LogP contribution in [-0.2, 0) is 4.74 Å². The lowest BCUT2D eigenvalue weighted by Gasteiger charge is -2.08. The monoisotopic (exact) mass is 229 g/mol. The summed E-state index contributed by atoms with van der Waals surface area (Å²) in [7, 11) is 0. The molecule has 1 aliphatic heterocycles. The van der Waals surface area contributed by atoms with Gasteiger partial charge in [-0.05, 0) is 12.8 Å². The van der Waals surface area contributed by atoms with Crippen LogP contribution in [0.5, 0.6) is 0 Å². The standard InChI is InChI=1S/C9H12FN3OS/c10-7-4-12-9(11)13-8(7)15-5-6-2-1-3-14-6/h4,6H,1-3,5H2,(H2,11,12,13). The minimum Gasteiger partial charge on any atom is -0.377 e. The van der Waals surface area contributed by atoms with Gasteiger partial charge in [0.05, 0.1) is 12.3 Å². The first kappa shape index (κ1) is 10.6. The van der Waals surface area contributed by atoms with Crippen molar-refractivity contribution in [3.05, 3.63) is 12.0 Å². The van der Waals surface area contributed by atoms with Crippen LogP contribution < -0.4 is 5.73 Å². The first-order chi connectivity index (χ1) is 7.25. The van der Waals surface area contributed by atoms with Crippen LogP contribution in [0.15, 0.2) is 11.2 Å². The number of aromatic nitrogens is 2. The average Bonchev–Trinajstić information content (AvgIpc) is 2.72. The minimum absolute atomic E-state index is 0.103. The smallest absolute Gasteiger partial charge is 0.221 e. The zero-order valence-corrected chi connectivity index (χ0v) is 8.97. The Balaban J connectivity index is 1.94. The van der Waals surface area contributed by atoms with E-state index in [4.69, 9.17) is 10.5 Å². The summed E-state index contributed by atoms with van der Waals surface area (Å²) in [5.41, 5.74) is 5.38. The molecule has 0 aliphatic carbocycles. The predicted molar refractivity (Wildman–Crippen MR) is 56.1 cm³/mol. The maximum absolute atomic E-state index is 13.2. The Labute approximate surface area is 91.4 Å². The van der Waals surface area contributed by atoms with Crippen molar-refractivity contribution in [2.45, 2.75) is 24.0 Å². The molecular formula is C9H12FN3OS. The van der Waals surface area contributed by atoms with E-state index >= 15 is 0 Å². The third-order valence-electron chi connectivity index (χ3n) is 2.16. The van der Waals surface area contributed by atoms with Crippen molar-refractivity contribution in [1.82, 2.24) is 9.97 Å². The largest absolute Gasteiger partial charge is 0.377 e. The second-order valence-electron chi connectivity index (χ2n) is 3.33. The zero-order chi connectivity index (χ0) is 10.7. The molecule has 15 heavy (non-hydrogen) atoms. The van der Waals surface area contributed by atoms with Gasteiger partial charge in [0.25, 0.3) is 0 Å². The van der Waals surface area contributed by atoms with Gasteiger partial charge in [-0.1, -0.05) is 0 Å². The Kier molecular flexibility index (Phi) is 3.37. The maximum Gasteiger partial charge on any atom is 0.221 e. The van der Waals surface area contributed by atoms with Crippen molar-refractivity contribution in [1.29, 1.82) is 0 Å². The Morgan fingerprint density at radius 1 is 1.67 bits per heavy atom. The molecule has 2 heterocycles. The first-order valence-electron chi connectivity index (χ1n) is 4.78. The van der Waals surface area contributed by atoms with E-state index in [1.165, 1.54) is 11.8 Å². The van der Waals surface area contributed by atoms with Crippen LogP contribution in [0.2, 0.25) is 0 Å². The van der Waals surface area contributed by atoms with Gasteiger partial charge in [-0.25, -0.2) is 14.4 Å². The minimum atomic E-state index is -0.424. The summed E-state index contributed by atoms with van der Waals surface area (Å²) in [5, 5.41) is 0.304. The van der Waals surface area contributed by atoms with Crippen LogP contribution in [0, 0.1) is 5.82 Å². The van der Waals surface area contributed by atoms with Crippen molar-refractivity contribution < 1.29 is 9.13 Å². The fourth-order valence-electron chi connectivity index (χ4n) is 1.41. The number of rotatable bonds is 3. The van der Waals surface area contributed by atoms with Gasteiger partial charge in [0, 0.05) is 12.4 Å². The van der Waals surface area contributed by atoms with Crippen LogP contribution >= 0.6 is 11.8 Å². The fraction of sp³-hybridized carbons (Fsp3) is 0.556. The lowest BCUT2D eigenvalue weighted by molar-refractivity contribution is 0.129. The topological polar surface area (TPSA) is 61.0 Å². The summed E-state index contributed by atoms with van der Waals surface area (Å²) in [6.45, 7) is 0.805. The van der Waals surface area contributed by atoms with E-state index in [1.807, 2.05) is 0 Å². The average molecular weight is 229 g/mol. The van der Waals surface area contributed by atoms with E-state index in [-0.39, 0.29) is 12.1 Å². The van der Waals surface area contributed by atoms with Gasteiger partial charge in [-0.3, -0.25) is 0 Å². The SMILES string of the molecule is Nc1ncc(F)c(SCC2CCCO2)n1. The van der Waals surface area contributed by atoms with Crippen LogP contribution in [0.4, 0.5) is 10.3 Å². The molecule has 0 saturated carbocycles. The van der Waals surface area contributed by atoms with Crippen LogP contribution in [0.25, 0.3) is 0 Å². The highest BCUT2D eigenvalue weighted by atomic mass is 32.2. The van der Waals surface area contributed by atoms with E-state index in [9.17, 15) is 4.39 Å². The normalized spacial score (nSPS) is 20.7. The summed E-state index contributed by atoms with van der Waals surface area (Å²) >= 11 is 1.33. The van der Waals surface area contributed by atoms with Crippen molar-refractivity contribution >= 4 is 17.7 Å². The molecule has 0 amide bonds. The highest BCUT2D eigenvalue weighted by Gasteiger charge is 2.17. The Morgan fingerprint density at radius 2 is 2.53 bits per heavy atom. The molecular weight excluding hydrogens is 217 g/mol. The molecule has 0 aromatic carbocycles. The first-order valence-corrected chi connectivity index (χ1v) is 5.76. The van der Waals surface area contributed by atoms with Crippen molar-refractivity contribution in [2.75, 3.05) is 18.1 Å². The summed E-state index contributed by atoms with van der Waals surface area (Å²) in [5.74, 6) is 0.395. The number of nitrogens with two attached hydrogens (primary N) is 1. The molecule has 0 bridgehead atoms. The van der Waals surface area contributed by atoms with Gasteiger partial charge < -0.3 is 10.5 Å². The zero-order valence-electron chi connectivity index (χ0n) is 8.15. The van der Waals surface area contributed by atoms with E-state index in [2.05, 4.69) is 9.97 Å². The number of nitrogen functional groups attached to an aromatic ring is 1. The Bertz CT molecular complexity index is 344. The molecule has 1 saturated heterocycles. The lowest BCUT2D eigenvalue weighted by Crippen LogP contribution is -2.08. The molecule has 1 unspecified atom stereocenters. The highest BCUT2D eigenvalue weighted by molar-refractivity contribution is 7.99. The predicted octanol–water partition coefficient (Wildman–Crippen LogP) is 1.47. The molecule has 2 N–H and O–H groups in total. The number of anilines is 1. The fourth-order valence-corrected chi connectivity index (χ4v) is 2.37. The Morgan fingerprint density at radius 3 is 3.27 bits per heavy atom. The molecule has 2 rings (SSSR count). The third kappa shape index (κ3) is 2.79. The highest BCUT2D eigenvalue weighted by Crippen LogP contribution is 2.24. The number of thioether (sulfide) groups is 1. The van der Waals surface area contributed by atoms with Crippen LogP contribution in [-0.4, -0.2) is 28.4 Å². The Hall–Kier alpha value is -0.880. The van der Waals surface area contributed by atoms with E-state index < -0.39 is 5.82 Å². The van der Waals surface area contributed by atoms with Crippen LogP contribution in [0.1, 0.15) is 12.8 Å². The molecule has 1 aliphatic rings. The number of ether oxygens (including phenoxy) is 1. The quantitative estimate of drug-likeness (QED) is 0.628. The summed E-state index contributed by atoms with van der Waals surface area (Å²) in [6, 6.07) is 0. The number of nitrogens with zero attached hydrogens (tertiary/aromatic N) is 2. The van der Waals surface area contributed by atoms with Gasteiger partial charge >= 0.3 is 0 Å². The van der Waals surface area contributed by atoms with Gasteiger partial charge in [0.2, 0.25) is 5.95 Å². The van der Waals surface area contributed by atoms with Crippen LogP contribution in [0.3, 0.4) is 0 Å². The maximum atomic E-state index is 13.2. The van der Waals surface area contributed by atoms with Gasteiger partial charge in [0.15, 0.2) is 5.82 Å². The summed E-state index contributed by atoms with van der Waals surface area (Å²) < 4.78 is 18.6. The number of halogens is 1. The van der Waals surface area contributed by atoms with E-state index in [0.717, 1.165) is 25.6 Å². The molecule has 1 fully saturated rings. The molecule has 1 aromatic rings. The number of hydrogen-bond acceptors (Lipinski definition) is 5. The van der Waals surface area contributed by atoms with Crippen molar-refractivity contribution in [2.24, 2.45) is 0 Å². The molecule has 1 atom stereocenters. The summed E-state index contributed by atoms with van der Waals surface area (Å²) in [4.78, 5) is 7.40. The van der Waals surface area contributed by atoms with Crippen molar-refractivity contribution in [3.63, 3.8) is 0 Å². The van der Waals surface area contributed by atoms with Gasteiger partial charge in [-0.15, -0.1) is 11.8 Å². The molecule has 82 valence electrons. The van der Waals surface area contributed by atoms with Crippen molar-refractivity contribution in [3.8, 4) is 0 Å². The second-order valence-corrected chi connectivity index (χ2v) is 4.34. The lowest BCUT2D eigenvalue weighted by atomic mass is 10.3. The van der Waals surface area contributed by atoms with E-state index in [0.29, 0.717) is 10.8 Å². The molecule has 4 nitrogen and oxygen atoms in total. The van der Waals surface area contributed by atoms with Gasteiger partial charge in [0.1, 0.15) is 5.03 Å². The number of hydrogen-bond donors (Lipinski definition) is 1. The molecule has 0 radical (unpaired) electrons. The second kappa shape index (κ2) is 4.76. The molecule has 0 spiro atoms. The van der Waals surface area contributed by atoms with Gasteiger partial charge in [-0.2, -0.15) is 0 Å². The van der Waals surface area contributed by atoms with E-state index in [1.54, 1.807) is 0 Å². The molecule has 1 aromatic heterocycles. The molecule has 6 heteroatoms. The third-order valence-corrected chi connectivity index (χ3v) is 3.26. The summed E-state index contributed by atoms with van der Waals surface area (Å²) in [6.07, 6.45) is 3.43.